The van der Waals surface area contributed by atoms with Gasteiger partial charge in [-0.2, -0.15) is 10.2 Å². The molecule has 0 saturated carbocycles. The summed E-state index contributed by atoms with van der Waals surface area (Å²) in [6.45, 7) is 1.92. The zero-order valence-corrected chi connectivity index (χ0v) is 13.4. The third-order valence-corrected chi connectivity index (χ3v) is 3.28. The molecule has 3 N–H and O–H groups in total. The van der Waals surface area contributed by atoms with Gasteiger partial charge >= 0.3 is 12.1 Å². The van der Waals surface area contributed by atoms with E-state index in [1.807, 2.05) is 30.3 Å². The highest BCUT2D eigenvalue weighted by atomic mass is 16.3. The molecule has 1 aliphatic rings. The Hall–Kier alpha value is -3.62. The standard InChI is InChI=1S/C16H16N6O3/c1-11-10-22(16(24)20-17-11)21-15(23)19-18-14(13-8-5-9-25-13)12-6-3-2-4-7-12/h2-9H,10H2,1H3,(H,20,24)(H2,19,21,23)/b18-14+. The Labute approximate surface area is 143 Å². The molecule has 0 radical (unpaired) electrons. The Bertz CT molecular complexity index is 814. The number of benzene rings is 1. The molecule has 0 saturated heterocycles. The van der Waals surface area contributed by atoms with Crippen molar-refractivity contribution < 1.29 is 14.0 Å². The van der Waals surface area contributed by atoms with Crippen LogP contribution < -0.4 is 16.3 Å². The van der Waals surface area contributed by atoms with Gasteiger partial charge in [-0.15, -0.1) is 0 Å². The molecular formula is C16H16N6O3. The number of hydrogen-bond acceptors (Lipinski definition) is 5. The lowest BCUT2D eigenvalue weighted by molar-refractivity contribution is 0.173. The number of rotatable bonds is 4. The SMILES string of the molecule is CC1=NNC(=O)N(NC(=O)N/N=C(\c2ccccc2)c2ccco2)C1. The number of nitrogens with one attached hydrogen (secondary N) is 3. The first kappa shape index (κ1) is 16.2. The van der Waals surface area contributed by atoms with Crippen molar-refractivity contribution in [1.29, 1.82) is 0 Å². The predicted octanol–water partition coefficient (Wildman–Crippen LogP) is 1.65. The lowest BCUT2D eigenvalue weighted by atomic mass is 10.1. The minimum Gasteiger partial charge on any atom is -0.463 e. The number of hydrazine groups is 1. The number of amides is 4. The molecule has 0 atom stereocenters. The van der Waals surface area contributed by atoms with E-state index in [-0.39, 0.29) is 6.54 Å². The summed E-state index contributed by atoms with van der Waals surface area (Å²) in [5, 5.41) is 9.00. The van der Waals surface area contributed by atoms with Crippen LogP contribution in [0.5, 0.6) is 0 Å². The van der Waals surface area contributed by atoms with E-state index in [9.17, 15) is 9.59 Å². The highest BCUT2D eigenvalue weighted by Gasteiger charge is 2.20. The van der Waals surface area contributed by atoms with Crippen LogP contribution >= 0.6 is 0 Å². The zero-order chi connectivity index (χ0) is 17.6. The van der Waals surface area contributed by atoms with E-state index in [0.29, 0.717) is 17.2 Å². The van der Waals surface area contributed by atoms with Crippen molar-refractivity contribution in [3.8, 4) is 0 Å². The number of urea groups is 2. The quantitative estimate of drug-likeness (QED) is 0.581. The Kier molecular flexibility index (Phi) is 4.74. The molecule has 0 fully saturated rings. The Morgan fingerprint density at radius 1 is 1.28 bits per heavy atom. The second kappa shape index (κ2) is 7.30. The second-order valence-electron chi connectivity index (χ2n) is 5.21. The van der Waals surface area contributed by atoms with Gasteiger partial charge in [0.25, 0.3) is 0 Å². The molecule has 1 aromatic carbocycles. The lowest BCUT2D eigenvalue weighted by Crippen LogP contribution is -2.56. The molecule has 1 aliphatic heterocycles. The summed E-state index contributed by atoms with van der Waals surface area (Å²) in [6, 6.07) is 11.6. The van der Waals surface area contributed by atoms with E-state index in [0.717, 1.165) is 10.6 Å². The van der Waals surface area contributed by atoms with E-state index in [1.165, 1.54) is 6.26 Å². The Morgan fingerprint density at radius 2 is 2.08 bits per heavy atom. The van der Waals surface area contributed by atoms with Gasteiger partial charge in [-0.1, -0.05) is 30.3 Å². The molecule has 9 nitrogen and oxygen atoms in total. The van der Waals surface area contributed by atoms with E-state index < -0.39 is 12.1 Å². The van der Waals surface area contributed by atoms with Gasteiger partial charge in [0.1, 0.15) is 5.71 Å². The molecule has 0 unspecified atom stereocenters. The number of furan rings is 1. The highest BCUT2D eigenvalue weighted by molar-refractivity contribution is 6.11. The molecule has 9 heteroatoms. The van der Waals surface area contributed by atoms with Crippen molar-refractivity contribution in [2.24, 2.45) is 10.2 Å². The van der Waals surface area contributed by atoms with Crippen LogP contribution in [-0.2, 0) is 0 Å². The molecule has 0 bridgehead atoms. The van der Waals surface area contributed by atoms with Gasteiger partial charge in [-0.05, 0) is 19.1 Å². The van der Waals surface area contributed by atoms with Crippen LogP contribution in [0.4, 0.5) is 9.59 Å². The van der Waals surface area contributed by atoms with Crippen molar-refractivity contribution in [3.63, 3.8) is 0 Å². The highest BCUT2D eigenvalue weighted by Crippen LogP contribution is 2.11. The second-order valence-corrected chi connectivity index (χ2v) is 5.21. The molecule has 0 aliphatic carbocycles. The van der Waals surface area contributed by atoms with Crippen LogP contribution in [0.1, 0.15) is 18.2 Å². The van der Waals surface area contributed by atoms with Crippen LogP contribution in [0, 0.1) is 0 Å². The van der Waals surface area contributed by atoms with Crippen molar-refractivity contribution in [2.45, 2.75) is 6.92 Å². The average Bonchev–Trinajstić information content (AvgIpc) is 3.14. The molecule has 1 aromatic heterocycles. The number of carbonyl (C=O) groups is 2. The smallest absolute Gasteiger partial charge is 0.356 e. The summed E-state index contributed by atoms with van der Waals surface area (Å²) in [5.74, 6) is 0.505. The average molecular weight is 340 g/mol. The van der Waals surface area contributed by atoms with Crippen molar-refractivity contribution >= 4 is 23.5 Å². The maximum Gasteiger partial charge on any atom is 0.356 e. The fourth-order valence-electron chi connectivity index (χ4n) is 2.16. The normalized spacial score (nSPS) is 14.6. The summed E-state index contributed by atoms with van der Waals surface area (Å²) in [7, 11) is 0. The van der Waals surface area contributed by atoms with E-state index in [4.69, 9.17) is 4.42 Å². The van der Waals surface area contributed by atoms with Crippen molar-refractivity contribution in [1.82, 2.24) is 21.3 Å². The van der Waals surface area contributed by atoms with Crippen LogP contribution in [0.15, 0.2) is 63.3 Å². The first-order chi connectivity index (χ1) is 12.1. The summed E-state index contributed by atoms with van der Waals surface area (Å²) >= 11 is 0. The van der Waals surface area contributed by atoms with E-state index >= 15 is 0 Å². The predicted molar refractivity (Wildman–Crippen MR) is 90.8 cm³/mol. The number of hydrogen-bond donors (Lipinski definition) is 3. The first-order valence-corrected chi connectivity index (χ1v) is 7.48. The van der Waals surface area contributed by atoms with Crippen LogP contribution in [0.3, 0.4) is 0 Å². The van der Waals surface area contributed by atoms with E-state index in [1.54, 1.807) is 19.1 Å². The van der Waals surface area contributed by atoms with Gasteiger partial charge in [0.05, 0.1) is 18.5 Å². The topological polar surface area (TPSA) is 111 Å². The fourth-order valence-corrected chi connectivity index (χ4v) is 2.16. The van der Waals surface area contributed by atoms with Crippen LogP contribution in [0.25, 0.3) is 0 Å². The molecule has 3 rings (SSSR count). The maximum absolute atomic E-state index is 12.0. The summed E-state index contributed by atoms with van der Waals surface area (Å²) in [4.78, 5) is 23.7. The molecule has 4 amide bonds. The molecule has 2 aromatic rings. The minimum atomic E-state index is -0.662. The van der Waals surface area contributed by atoms with Crippen LogP contribution in [0.2, 0.25) is 0 Å². The molecule has 2 heterocycles. The largest absolute Gasteiger partial charge is 0.463 e. The van der Waals surface area contributed by atoms with Gasteiger partial charge in [-0.3, -0.25) is 0 Å². The third kappa shape index (κ3) is 4.02. The molecule has 25 heavy (non-hydrogen) atoms. The van der Waals surface area contributed by atoms with E-state index in [2.05, 4.69) is 26.5 Å². The number of nitrogens with zero attached hydrogens (tertiary/aromatic N) is 3. The fraction of sp³-hybridized carbons (Fsp3) is 0.125. The van der Waals surface area contributed by atoms with Crippen LogP contribution in [-0.4, -0.2) is 35.0 Å². The minimum absolute atomic E-state index is 0.187. The van der Waals surface area contributed by atoms with Gasteiger partial charge in [0.2, 0.25) is 0 Å². The van der Waals surface area contributed by atoms with Gasteiger partial charge in [-0.25, -0.2) is 30.9 Å². The molecule has 0 spiro atoms. The van der Waals surface area contributed by atoms with Crippen molar-refractivity contribution in [3.05, 3.63) is 60.1 Å². The monoisotopic (exact) mass is 340 g/mol. The van der Waals surface area contributed by atoms with Gasteiger partial charge < -0.3 is 4.42 Å². The molecule has 128 valence electrons. The van der Waals surface area contributed by atoms with Gasteiger partial charge in [0.15, 0.2) is 5.76 Å². The maximum atomic E-state index is 12.0. The first-order valence-electron chi connectivity index (χ1n) is 7.48. The zero-order valence-electron chi connectivity index (χ0n) is 13.4. The van der Waals surface area contributed by atoms with Crippen molar-refractivity contribution in [2.75, 3.05) is 6.54 Å². The molecular weight excluding hydrogens is 324 g/mol. The van der Waals surface area contributed by atoms with Gasteiger partial charge in [0, 0.05) is 5.56 Å². The number of hydrazone groups is 2. The summed E-state index contributed by atoms with van der Waals surface area (Å²) < 4.78 is 5.37. The Morgan fingerprint density at radius 3 is 2.80 bits per heavy atom. The Balaban J connectivity index is 1.72. The third-order valence-electron chi connectivity index (χ3n) is 3.28. The summed E-state index contributed by atoms with van der Waals surface area (Å²) in [6.07, 6.45) is 1.52. The number of carbonyl (C=O) groups excluding carboxylic acids is 2. The lowest BCUT2D eigenvalue weighted by Gasteiger charge is -2.25. The summed E-state index contributed by atoms with van der Waals surface area (Å²) in [5.41, 5.74) is 8.95.